The van der Waals surface area contributed by atoms with Crippen LogP contribution < -0.4 is 10.6 Å². The van der Waals surface area contributed by atoms with Crippen molar-refractivity contribution in [1.82, 2.24) is 15.5 Å². The van der Waals surface area contributed by atoms with Gasteiger partial charge < -0.3 is 19.8 Å². The van der Waals surface area contributed by atoms with Gasteiger partial charge in [0.15, 0.2) is 0 Å². The predicted octanol–water partition coefficient (Wildman–Crippen LogP) is 4.68. The molecular weight excluding hydrogens is 416 g/mol. The first kappa shape index (κ1) is 23.0. The second kappa shape index (κ2) is 9.98. The second-order valence-corrected chi connectivity index (χ2v) is 8.98. The summed E-state index contributed by atoms with van der Waals surface area (Å²) in [5.74, 6) is 0.0971. The summed E-state index contributed by atoms with van der Waals surface area (Å²) in [4.78, 5) is 24.2. The summed E-state index contributed by atoms with van der Waals surface area (Å²) in [5, 5.41) is 14.2. The van der Waals surface area contributed by atoms with Gasteiger partial charge in [-0.3, -0.25) is 4.79 Å². The first-order valence-electron chi connectivity index (χ1n) is 9.04. The van der Waals surface area contributed by atoms with E-state index in [2.05, 4.69) is 20.8 Å². The van der Waals surface area contributed by atoms with Gasteiger partial charge in [-0.1, -0.05) is 43.3 Å². The van der Waals surface area contributed by atoms with Crippen LogP contribution in [-0.4, -0.2) is 33.6 Å². The molecule has 2 aromatic rings. The van der Waals surface area contributed by atoms with Gasteiger partial charge in [0.25, 0.3) is 5.22 Å². The van der Waals surface area contributed by atoms with E-state index in [1.807, 2.05) is 13.8 Å². The Hall–Kier alpha value is -2.26. The molecule has 0 aliphatic carbocycles. The second-order valence-electron chi connectivity index (χ2n) is 7.62. The molecule has 0 unspecified atom stereocenters. The highest BCUT2D eigenvalue weighted by Crippen LogP contribution is 2.25. The van der Waals surface area contributed by atoms with Crippen molar-refractivity contribution in [3.63, 3.8) is 0 Å². The van der Waals surface area contributed by atoms with E-state index in [1.165, 1.54) is 0 Å². The molecule has 0 radical (unpaired) electrons. The lowest BCUT2D eigenvalue weighted by atomic mass is 10.1. The molecule has 158 valence electrons. The molecule has 1 aromatic carbocycles. The Bertz CT molecular complexity index is 851. The molecule has 10 heteroatoms. The number of hydrogen-bond acceptors (Lipinski definition) is 7. The number of rotatable bonds is 7. The molecule has 29 heavy (non-hydrogen) atoms. The Balaban J connectivity index is 1.93. The van der Waals surface area contributed by atoms with E-state index in [1.54, 1.807) is 45.0 Å². The molecule has 2 amide bonds. The van der Waals surface area contributed by atoms with Crippen LogP contribution in [0.25, 0.3) is 0 Å². The minimum absolute atomic E-state index is 0.00746. The number of anilines is 1. The Kier molecular flexibility index (Phi) is 7.92. The molecule has 0 saturated heterocycles. The van der Waals surface area contributed by atoms with E-state index in [0.29, 0.717) is 10.7 Å². The minimum atomic E-state index is -0.613. The van der Waals surface area contributed by atoms with E-state index in [0.717, 1.165) is 11.8 Å². The maximum atomic E-state index is 12.1. The molecule has 0 bridgehead atoms. The third-order valence-corrected chi connectivity index (χ3v) is 4.52. The number of alkyl carbamates (subject to hydrolysis) is 1. The van der Waals surface area contributed by atoms with Crippen LogP contribution in [0.2, 0.25) is 5.02 Å². The third kappa shape index (κ3) is 7.94. The largest absolute Gasteiger partial charge is 0.444 e. The van der Waals surface area contributed by atoms with Crippen molar-refractivity contribution in [3.05, 3.63) is 35.2 Å². The summed E-state index contributed by atoms with van der Waals surface area (Å²) < 4.78 is 10.9. The molecule has 2 rings (SSSR count). The quantitative estimate of drug-likeness (QED) is 0.602. The van der Waals surface area contributed by atoms with Crippen molar-refractivity contribution in [2.45, 2.75) is 51.5 Å². The van der Waals surface area contributed by atoms with Gasteiger partial charge in [-0.2, -0.15) is 0 Å². The summed E-state index contributed by atoms with van der Waals surface area (Å²) in [6.07, 6.45) is -0.565. The Morgan fingerprint density at radius 2 is 2.00 bits per heavy atom. The predicted molar refractivity (Wildman–Crippen MR) is 112 cm³/mol. The highest BCUT2D eigenvalue weighted by atomic mass is 35.5. The number of nitrogens with one attached hydrogen (secondary N) is 2. The van der Waals surface area contributed by atoms with Crippen molar-refractivity contribution < 1.29 is 18.7 Å². The van der Waals surface area contributed by atoms with Crippen molar-refractivity contribution in [3.8, 4) is 0 Å². The van der Waals surface area contributed by atoms with Crippen molar-refractivity contribution in [1.29, 1.82) is 0 Å². The molecule has 0 saturated carbocycles. The number of aromatic nitrogens is 2. The highest BCUT2D eigenvalue weighted by Gasteiger charge is 2.27. The first-order chi connectivity index (χ1) is 13.5. The lowest BCUT2D eigenvalue weighted by Crippen LogP contribution is -2.37. The zero-order valence-electron chi connectivity index (χ0n) is 17.0. The molecular formula is C19H25ClN4O4S. The summed E-state index contributed by atoms with van der Waals surface area (Å²) >= 11 is 7.00. The fourth-order valence-electron chi connectivity index (χ4n) is 2.24. The van der Waals surface area contributed by atoms with Crippen molar-refractivity contribution in [2.75, 3.05) is 11.1 Å². The normalized spacial score (nSPS) is 12.5. The van der Waals surface area contributed by atoms with E-state index in [-0.39, 0.29) is 28.7 Å². The Morgan fingerprint density at radius 3 is 2.62 bits per heavy atom. The Labute approximate surface area is 179 Å². The van der Waals surface area contributed by atoms with Crippen LogP contribution in [0.4, 0.5) is 10.5 Å². The lowest BCUT2D eigenvalue weighted by Gasteiger charge is -2.23. The van der Waals surface area contributed by atoms with Gasteiger partial charge in [-0.05, 0) is 44.9 Å². The monoisotopic (exact) mass is 440 g/mol. The fraction of sp³-hybridized carbons (Fsp3) is 0.474. The number of carbonyl (C=O) groups excluding carboxylic acids is 2. The van der Waals surface area contributed by atoms with Gasteiger partial charge in [0.05, 0.1) is 5.75 Å². The van der Waals surface area contributed by atoms with Gasteiger partial charge in [-0.15, -0.1) is 10.2 Å². The van der Waals surface area contributed by atoms with Crippen LogP contribution in [0.1, 0.15) is 46.6 Å². The van der Waals surface area contributed by atoms with E-state index in [9.17, 15) is 9.59 Å². The third-order valence-electron chi connectivity index (χ3n) is 3.46. The number of nitrogens with zero attached hydrogens (tertiary/aromatic N) is 2. The summed E-state index contributed by atoms with van der Waals surface area (Å²) in [6, 6.07) is 6.37. The van der Waals surface area contributed by atoms with Crippen molar-refractivity contribution >= 4 is 41.1 Å². The summed E-state index contributed by atoms with van der Waals surface area (Å²) in [5.41, 5.74) is -0.00611. The number of thioether (sulfide) groups is 1. The van der Waals surface area contributed by atoms with E-state index in [4.69, 9.17) is 20.8 Å². The zero-order chi connectivity index (χ0) is 21.6. The van der Waals surface area contributed by atoms with Crippen LogP contribution in [0.3, 0.4) is 0 Å². The Morgan fingerprint density at radius 1 is 1.28 bits per heavy atom. The number of benzene rings is 1. The minimum Gasteiger partial charge on any atom is -0.444 e. The number of halogens is 1. The molecule has 1 atom stereocenters. The van der Waals surface area contributed by atoms with Crippen LogP contribution in [0.15, 0.2) is 33.9 Å². The average molecular weight is 441 g/mol. The number of carbonyl (C=O) groups is 2. The summed E-state index contributed by atoms with van der Waals surface area (Å²) in [6.45, 7) is 9.18. The van der Waals surface area contributed by atoms with Crippen LogP contribution in [0.5, 0.6) is 0 Å². The molecule has 0 spiro atoms. The molecule has 0 aliphatic heterocycles. The van der Waals surface area contributed by atoms with E-state index >= 15 is 0 Å². The highest BCUT2D eigenvalue weighted by molar-refractivity contribution is 7.99. The van der Waals surface area contributed by atoms with Crippen LogP contribution >= 0.6 is 23.4 Å². The smallest absolute Gasteiger partial charge is 0.408 e. The van der Waals surface area contributed by atoms with Gasteiger partial charge >= 0.3 is 6.09 Å². The molecule has 1 aromatic heterocycles. The zero-order valence-corrected chi connectivity index (χ0v) is 18.6. The molecule has 8 nitrogen and oxygen atoms in total. The van der Waals surface area contributed by atoms with Crippen LogP contribution in [-0.2, 0) is 9.53 Å². The van der Waals surface area contributed by atoms with Gasteiger partial charge in [0, 0.05) is 10.7 Å². The number of amides is 2. The van der Waals surface area contributed by atoms with Gasteiger partial charge in [-0.25, -0.2) is 4.79 Å². The van der Waals surface area contributed by atoms with Gasteiger partial charge in [0.1, 0.15) is 11.6 Å². The van der Waals surface area contributed by atoms with Crippen molar-refractivity contribution in [2.24, 2.45) is 5.92 Å². The van der Waals surface area contributed by atoms with E-state index < -0.39 is 17.7 Å². The topological polar surface area (TPSA) is 106 Å². The molecule has 0 fully saturated rings. The lowest BCUT2D eigenvalue weighted by molar-refractivity contribution is -0.113. The number of ether oxygens (including phenoxy) is 1. The SMILES string of the molecule is CC(C)[C@@H](NC(=O)OC(C)(C)C)c1nnc(SCC(=O)Nc2cccc(Cl)c2)o1. The van der Waals surface area contributed by atoms with Crippen LogP contribution in [0, 0.1) is 5.92 Å². The summed E-state index contributed by atoms with van der Waals surface area (Å²) in [7, 11) is 0. The standard InChI is InChI=1S/C19H25ClN4O4S/c1-11(2)15(22-17(26)28-19(3,4)5)16-23-24-18(27-16)29-10-14(25)21-13-8-6-7-12(20)9-13/h6-9,11,15H,10H2,1-5H3,(H,21,25)(H,22,26)/t15-/m1/s1. The molecule has 2 N–H and O–H groups in total. The van der Waals surface area contributed by atoms with Gasteiger partial charge in [0.2, 0.25) is 11.8 Å². The number of hydrogen-bond donors (Lipinski definition) is 2. The maximum Gasteiger partial charge on any atom is 0.408 e. The maximum absolute atomic E-state index is 12.1. The average Bonchev–Trinajstić information content (AvgIpc) is 3.04. The molecule has 1 heterocycles. The first-order valence-corrected chi connectivity index (χ1v) is 10.4. The molecule has 0 aliphatic rings. The fourth-order valence-corrected chi connectivity index (χ4v) is 3.00.